The zero-order valence-corrected chi connectivity index (χ0v) is 12.0. The zero-order valence-electron chi connectivity index (χ0n) is 12.0. The third-order valence-corrected chi connectivity index (χ3v) is 4.39. The van der Waals surface area contributed by atoms with Gasteiger partial charge in [0.15, 0.2) is 0 Å². The van der Waals surface area contributed by atoms with Crippen molar-refractivity contribution in [3.8, 4) is 0 Å². The summed E-state index contributed by atoms with van der Waals surface area (Å²) in [6.45, 7) is 0.893. The molecule has 0 aliphatic heterocycles. The van der Waals surface area contributed by atoms with E-state index in [1.807, 2.05) is 12.3 Å². The standard InChI is InChI=1S/C18H19N3/c19-17-5-1-3-15-11-21(12-16(15)17)10-13-6-7-18-14(9-13)4-2-8-20-18/h2,4,6-9,11-12,17H,1,3,5,10,19H2. The summed E-state index contributed by atoms with van der Waals surface area (Å²) in [6.07, 6.45) is 9.81. The predicted octanol–water partition coefficient (Wildman–Crippen LogP) is 3.42. The Hall–Kier alpha value is -2.13. The Bertz CT molecular complexity index is 788. The molecule has 4 rings (SSSR count). The van der Waals surface area contributed by atoms with Crippen LogP contribution in [-0.4, -0.2) is 9.55 Å². The van der Waals surface area contributed by atoms with Crippen LogP contribution in [-0.2, 0) is 13.0 Å². The van der Waals surface area contributed by atoms with Gasteiger partial charge in [-0.25, -0.2) is 0 Å². The molecule has 0 bridgehead atoms. The molecular formula is C18H19N3. The fraction of sp³-hybridized carbons (Fsp3) is 0.278. The SMILES string of the molecule is NC1CCCc2cn(Cc3ccc4ncccc4c3)cc21. The summed E-state index contributed by atoms with van der Waals surface area (Å²) in [5, 5.41) is 1.20. The molecule has 2 N–H and O–H groups in total. The van der Waals surface area contributed by atoms with E-state index in [-0.39, 0.29) is 6.04 Å². The Morgan fingerprint density at radius 1 is 1.24 bits per heavy atom. The van der Waals surface area contributed by atoms with Crippen LogP contribution in [0.25, 0.3) is 10.9 Å². The van der Waals surface area contributed by atoms with Crippen molar-refractivity contribution in [1.82, 2.24) is 9.55 Å². The fourth-order valence-corrected chi connectivity index (χ4v) is 3.31. The second-order valence-electron chi connectivity index (χ2n) is 5.94. The highest BCUT2D eigenvalue weighted by Crippen LogP contribution is 2.29. The Balaban J connectivity index is 1.65. The van der Waals surface area contributed by atoms with Crippen molar-refractivity contribution in [2.75, 3.05) is 0 Å². The number of benzene rings is 1. The number of nitrogens with zero attached hydrogens (tertiary/aromatic N) is 2. The van der Waals surface area contributed by atoms with Gasteiger partial charge in [0.1, 0.15) is 0 Å². The second-order valence-corrected chi connectivity index (χ2v) is 5.94. The lowest BCUT2D eigenvalue weighted by atomic mass is 9.92. The average molecular weight is 277 g/mol. The van der Waals surface area contributed by atoms with Gasteiger partial charge in [-0.2, -0.15) is 0 Å². The Morgan fingerprint density at radius 3 is 3.10 bits per heavy atom. The molecule has 0 amide bonds. The van der Waals surface area contributed by atoms with Crippen LogP contribution in [0.5, 0.6) is 0 Å². The minimum atomic E-state index is 0.218. The maximum absolute atomic E-state index is 6.21. The van der Waals surface area contributed by atoms with E-state index in [9.17, 15) is 0 Å². The van der Waals surface area contributed by atoms with Crippen LogP contribution in [0.1, 0.15) is 35.6 Å². The highest BCUT2D eigenvalue weighted by molar-refractivity contribution is 5.78. The van der Waals surface area contributed by atoms with E-state index in [1.165, 1.54) is 28.5 Å². The number of aryl methyl sites for hydroxylation is 1. The Labute approximate surface area is 124 Å². The average Bonchev–Trinajstić information content (AvgIpc) is 2.91. The first-order valence-corrected chi connectivity index (χ1v) is 7.57. The fourth-order valence-electron chi connectivity index (χ4n) is 3.31. The summed E-state index contributed by atoms with van der Waals surface area (Å²) >= 11 is 0. The van der Waals surface area contributed by atoms with Crippen molar-refractivity contribution in [3.05, 3.63) is 65.6 Å². The van der Waals surface area contributed by atoms with E-state index in [0.717, 1.165) is 24.9 Å². The van der Waals surface area contributed by atoms with E-state index < -0.39 is 0 Å². The van der Waals surface area contributed by atoms with Crippen molar-refractivity contribution in [3.63, 3.8) is 0 Å². The molecule has 0 saturated carbocycles. The van der Waals surface area contributed by atoms with Crippen LogP contribution < -0.4 is 5.73 Å². The number of nitrogens with two attached hydrogens (primary N) is 1. The largest absolute Gasteiger partial charge is 0.349 e. The summed E-state index contributed by atoms with van der Waals surface area (Å²) in [5.74, 6) is 0. The minimum Gasteiger partial charge on any atom is -0.349 e. The number of hydrogen-bond acceptors (Lipinski definition) is 2. The number of pyridine rings is 1. The summed E-state index contributed by atoms with van der Waals surface area (Å²) in [4.78, 5) is 4.37. The van der Waals surface area contributed by atoms with Gasteiger partial charge in [-0.15, -0.1) is 0 Å². The summed E-state index contributed by atoms with van der Waals surface area (Å²) in [7, 11) is 0. The van der Waals surface area contributed by atoms with E-state index in [0.29, 0.717) is 0 Å². The number of rotatable bonds is 2. The molecule has 3 nitrogen and oxygen atoms in total. The van der Waals surface area contributed by atoms with Gasteiger partial charge in [-0.05, 0) is 54.2 Å². The highest BCUT2D eigenvalue weighted by Gasteiger charge is 2.18. The number of aromatic nitrogens is 2. The second kappa shape index (κ2) is 5.01. The van der Waals surface area contributed by atoms with E-state index in [1.54, 1.807) is 0 Å². The summed E-state index contributed by atoms with van der Waals surface area (Å²) < 4.78 is 2.27. The van der Waals surface area contributed by atoms with E-state index >= 15 is 0 Å². The molecule has 0 radical (unpaired) electrons. The van der Waals surface area contributed by atoms with Gasteiger partial charge < -0.3 is 10.3 Å². The van der Waals surface area contributed by atoms with Gasteiger partial charge >= 0.3 is 0 Å². The Kier molecular flexibility index (Phi) is 3.00. The third-order valence-electron chi connectivity index (χ3n) is 4.39. The summed E-state index contributed by atoms with van der Waals surface area (Å²) in [5.41, 5.74) is 11.3. The van der Waals surface area contributed by atoms with Crippen LogP contribution in [0.4, 0.5) is 0 Å². The smallest absolute Gasteiger partial charge is 0.0702 e. The molecule has 1 aliphatic rings. The van der Waals surface area contributed by atoms with Crippen LogP contribution in [0.15, 0.2) is 48.9 Å². The molecule has 3 heteroatoms. The first-order chi connectivity index (χ1) is 10.3. The molecule has 106 valence electrons. The number of fused-ring (bicyclic) bond motifs is 2. The van der Waals surface area contributed by atoms with Crippen molar-refractivity contribution in [2.45, 2.75) is 31.8 Å². The van der Waals surface area contributed by atoms with Gasteiger partial charge in [0, 0.05) is 36.6 Å². The molecule has 1 unspecified atom stereocenters. The van der Waals surface area contributed by atoms with E-state index in [2.05, 4.69) is 46.2 Å². The van der Waals surface area contributed by atoms with Crippen LogP contribution in [0.2, 0.25) is 0 Å². The number of hydrogen-bond donors (Lipinski definition) is 1. The lowest BCUT2D eigenvalue weighted by molar-refractivity contribution is 0.573. The molecule has 1 aliphatic carbocycles. The molecule has 0 fully saturated rings. The molecule has 3 aromatic rings. The van der Waals surface area contributed by atoms with Crippen molar-refractivity contribution in [1.29, 1.82) is 0 Å². The molecule has 2 aromatic heterocycles. The molecule has 1 atom stereocenters. The van der Waals surface area contributed by atoms with E-state index in [4.69, 9.17) is 5.73 Å². The quantitative estimate of drug-likeness (QED) is 0.780. The molecule has 21 heavy (non-hydrogen) atoms. The first-order valence-electron chi connectivity index (χ1n) is 7.57. The topological polar surface area (TPSA) is 43.8 Å². The lowest BCUT2D eigenvalue weighted by Gasteiger charge is -2.17. The van der Waals surface area contributed by atoms with Crippen molar-refractivity contribution < 1.29 is 0 Å². The van der Waals surface area contributed by atoms with Gasteiger partial charge in [0.05, 0.1) is 5.52 Å². The summed E-state index contributed by atoms with van der Waals surface area (Å²) in [6, 6.07) is 10.8. The van der Waals surface area contributed by atoms with Crippen molar-refractivity contribution >= 4 is 10.9 Å². The van der Waals surface area contributed by atoms with Gasteiger partial charge in [-0.3, -0.25) is 4.98 Å². The molecule has 0 spiro atoms. The predicted molar refractivity (Wildman–Crippen MR) is 85.1 cm³/mol. The maximum atomic E-state index is 6.21. The minimum absolute atomic E-state index is 0.218. The maximum Gasteiger partial charge on any atom is 0.0702 e. The molecule has 0 saturated heterocycles. The zero-order chi connectivity index (χ0) is 14.2. The normalized spacial score (nSPS) is 17.9. The molecule has 2 heterocycles. The highest BCUT2D eigenvalue weighted by atomic mass is 14.9. The lowest BCUT2D eigenvalue weighted by Crippen LogP contribution is -2.15. The van der Waals surface area contributed by atoms with Gasteiger partial charge in [0.25, 0.3) is 0 Å². The van der Waals surface area contributed by atoms with Crippen molar-refractivity contribution in [2.24, 2.45) is 5.73 Å². The molecular weight excluding hydrogens is 258 g/mol. The van der Waals surface area contributed by atoms with Crippen LogP contribution >= 0.6 is 0 Å². The first kappa shape index (κ1) is 12.6. The van der Waals surface area contributed by atoms with Gasteiger partial charge in [0.2, 0.25) is 0 Å². The van der Waals surface area contributed by atoms with Crippen LogP contribution in [0, 0.1) is 0 Å². The third kappa shape index (κ3) is 2.34. The molecule has 1 aromatic carbocycles. The van der Waals surface area contributed by atoms with Crippen LogP contribution in [0.3, 0.4) is 0 Å². The Morgan fingerprint density at radius 2 is 2.19 bits per heavy atom. The van der Waals surface area contributed by atoms with Gasteiger partial charge in [-0.1, -0.05) is 12.1 Å². The monoisotopic (exact) mass is 277 g/mol.